The van der Waals surface area contributed by atoms with Crippen molar-refractivity contribution in [1.29, 1.82) is 0 Å². The van der Waals surface area contributed by atoms with Gasteiger partial charge in [0.1, 0.15) is 13.2 Å². The zero-order valence-corrected chi connectivity index (χ0v) is 13.1. The second-order valence-corrected chi connectivity index (χ2v) is 5.70. The van der Waals surface area contributed by atoms with E-state index in [-0.39, 0.29) is 5.78 Å². The van der Waals surface area contributed by atoms with Gasteiger partial charge in [-0.25, -0.2) is 0 Å². The Morgan fingerprint density at radius 2 is 1.81 bits per heavy atom. The van der Waals surface area contributed by atoms with E-state index in [2.05, 4.69) is 15.9 Å². The zero-order valence-electron chi connectivity index (χ0n) is 11.5. The number of fused-ring (bicyclic) bond motifs is 1. The third-order valence-electron chi connectivity index (χ3n) is 3.45. The molecule has 2 aromatic carbocycles. The number of para-hydroxylation sites is 1. The summed E-state index contributed by atoms with van der Waals surface area (Å²) in [6, 6.07) is 8.89. The molecule has 0 radical (unpaired) electrons. The van der Waals surface area contributed by atoms with Crippen LogP contribution in [0.5, 0.6) is 11.5 Å². The lowest BCUT2D eigenvalue weighted by Gasteiger charge is -2.19. The molecule has 0 spiro atoms. The van der Waals surface area contributed by atoms with Crippen molar-refractivity contribution in [1.82, 2.24) is 0 Å². The van der Waals surface area contributed by atoms with Crippen molar-refractivity contribution in [3.63, 3.8) is 0 Å². The number of hydrogen-bond donors (Lipinski definition) is 1. The molecule has 0 unspecified atom stereocenters. The Labute approximate surface area is 131 Å². The number of ether oxygens (including phenoxy) is 2. The van der Waals surface area contributed by atoms with Crippen LogP contribution in [0.3, 0.4) is 0 Å². The number of nitrogen functional groups attached to an aromatic ring is 1. The van der Waals surface area contributed by atoms with Crippen LogP contribution < -0.4 is 15.2 Å². The van der Waals surface area contributed by atoms with E-state index in [4.69, 9.17) is 15.2 Å². The lowest BCUT2D eigenvalue weighted by atomic mass is 9.99. The Morgan fingerprint density at radius 1 is 1.14 bits per heavy atom. The van der Waals surface area contributed by atoms with E-state index in [1.165, 1.54) is 0 Å². The Balaban J connectivity index is 2.07. The van der Waals surface area contributed by atoms with Crippen LogP contribution in [0.15, 0.2) is 34.8 Å². The number of ketones is 1. The first-order chi connectivity index (χ1) is 10.1. The van der Waals surface area contributed by atoms with Crippen LogP contribution in [0.4, 0.5) is 5.69 Å². The standard InChI is InChI=1S/C16H14BrNO3/c1-9-3-2-4-10(15(9)18)16(19)11-7-13-14(8-12(11)17)21-6-5-20-13/h2-4,7-8H,5-6,18H2,1H3. The highest BCUT2D eigenvalue weighted by molar-refractivity contribution is 9.10. The Kier molecular flexibility index (Phi) is 3.59. The molecule has 0 bridgehead atoms. The first kappa shape index (κ1) is 13.9. The number of hydrogen-bond acceptors (Lipinski definition) is 4. The number of carbonyl (C=O) groups is 1. The molecule has 5 heteroatoms. The monoisotopic (exact) mass is 347 g/mol. The molecule has 4 nitrogen and oxygen atoms in total. The van der Waals surface area contributed by atoms with E-state index in [0.29, 0.717) is 46.0 Å². The fraction of sp³-hybridized carbons (Fsp3) is 0.188. The predicted octanol–water partition coefficient (Wildman–Crippen LogP) is 3.34. The van der Waals surface area contributed by atoms with Crippen LogP contribution in [0.1, 0.15) is 21.5 Å². The summed E-state index contributed by atoms with van der Waals surface area (Å²) >= 11 is 3.42. The van der Waals surface area contributed by atoms with Crippen LogP contribution in [0, 0.1) is 6.92 Å². The number of halogens is 1. The number of benzene rings is 2. The van der Waals surface area contributed by atoms with Gasteiger partial charge >= 0.3 is 0 Å². The molecule has 0 saturated carbocycles. The first-order valence-electron chi connectivity index (χ1n) is 6.57. The number of nitrogens with two attached hydrogens (primary N) is 1. The van der Waals surface area contributed by atoms with Gasteiger partial charge in [0, 0.05) is 21.3 Å². The molecule has 0 aliphatic carbocycles. The molecule has 2 aromatic rings. The van der Waals surface area contributed by atoms with Crippen LogP contribution in [0.25, 0.3) is 0 Å². The van der Waals surface area contributed by atoms with Crippen LogP contribution >= 0.6 is 15.9 Å². The van der Waals surface area contributed by atoms with Crippen molar-refractivity contribution in [2.45, 2.75) is 6.92 Å². The van der Waals surface area contributed by atoms with E-state index < -0.39 is 0 Å². The smallest absolute Gasteiger partial charge is 0.196 e. The van der Waals surface area contributed by atoms with Gasteiger partial charge in [0.05, 0.1) is 0 Å². The minimum atomic E-state index is -0.139. The highest BCUT2D eigenvalue weighted by atomic mass is 79.9. The third-order valence-corrected chi connectivity index (χ3v) is 4.10. The van der Waals surface area contributed by atoms with Gasteiger partial charge in [-0.15, -0.1) is 0 Å². The number of rotatable bonds is 2. The lowest BCUT2D eigenvalue weighted by Crippen LogP contribution is -2.16. The normalized spacial score (nSPS) is 13.0. The van der Waals surface area contributed by atoms with E-state index in [0.717, 1.165) is 5.56 Å². The van der Waals surface area contributed by atoms with Gasteiger partial charge in [-0.2, -0.15) is 0 Å². The van der Waals surface area contributed by atoms with Gasteiger partial charge in [0.15, 0.2) is 17.3 Å². The van der Waals surface area contributed by atoms with Crippen molar-refractivity contribution in [3.05, 3.63) is 51.5 Å². The van der Waals surface area contributed by atoms with Crippen molar-refractivity contribution < 1.29 is 14.3 Å². The summed E-state index contributed by atoms with van der Waals surface area (Å²) < 4.78 is 11.7. The third kappa shape index (κ3) is 2.49. The first-order valence-corrected chi connectivity index (χ1v) is 7.36. The Hall–Kier alpha value is -2.01. The lowest BCUT2D eigenvalue weighted by molar-refractivity contribution is 0.103. The van der Waals surface area contributed by atoms with Crippen molar-refractivity contribution in [3.8, 4) is 11.5 Å². The van der Waals surface area contributed by atoms with Gasteiger partial charge in [-0.3, -0.25) is 4.79 Å². The molecule has 0 saturated heterocycles. The van der Waals surface area contributed by atoms with Crippen molar-refractivity contribution >= 4 is 27.4 Å². The van der Waals surface area contributed by atoms with Gasteiger partial charge in [0.25, 0.3) is 0 Å². The van der Waals surface area contributed by atoms with Crippen LogP contribution in [-0.2, 0) is 0 Å². The molecule has 1 aliphatic heterocycles. The summed E-state index contributed by atoms with van der Waals surface area (Å²) in [6.45, 7) is 2.87. The predicted molar refractivity (Wildman–Crippen MR) is 84.2 cm³/mol. The van der Waals surface area contributed by atoms with Crippen LogP contribution in [0.2, 0.25) is 0 Å². The van der Waals surface area contributed by atoms with Crippen molar-refractivity contribution in [2.75, 3.05) is 18.9 Å². The minimum Gasteiger partial charge on any atom is -0.486 e. The maximum atomic E-state index is 12.7. The number of anilines is 1. The maximum Gasteiger partial charge on any atom is 0.196 e. The van der Waals surface area contributed by atoms with E-state index in [1.807, 2.05) is 19.1 Å². The molecule has 2 N–H and O–H groups in total. The molecule has 1 heterocycles. The number of aryl methyl sites for hydroxylation is 1. The molecule has 0 atom stereocenters. The summed E-state index contributed by atoms with van der Waals surface area (Å²) in [7, 11) is 0. The zero-order chi connectivity index (χ0) is 15.0. The summed E-state index contributed by atoms with van der Waals surface area (Å²) in [5, 5.41) is 0. The van der Waals surface area contributed by atoms with Gasteiger partial charge in [-0.1, -0.05) is 12.1 Å². The van der Waals surface area contributed by atoms with Gasteiger partial charge in [-0.05, 0) is 46.6 Å². The largest absolute Gasteiger partial charge is 0.486 e. The molecule has 21 heavy (non-hydrogen) atoms. The molecule has 3 rings (SSSR count). The van der Waals surface area contributed by atoms with E-state index in [9.17, 15) is 4.79 Å². The Bertz CT molecular complexity index is 728. The van der Waals surface area contributed by atoms with E-state index >= 15 is 0 Å². The molecule has 0 aromatic heterocycles. The second-order valence-electron chi connectivity index (χ2n) is 4.84. The quantitative estimate of drug-likeness (QED) is 0.668. The highest BCUT2D eigenvalue weighted by Gasteiger charge is 2.21. The van der Waals surface area contributed by atoms with E-state index in [1.54, 1.807) is 18.2 Å². The average molecular weight is 348 g/mol. The minimum absolute atomic E-state index is 0.139. The molecule has 0 fully saturated rings. The van der Waals surface area contributed by atoms with Gasteiger partial charge in [0.2, 0.25) is 0 Å². The summed E-state index contributed by atoms with van der Waals surface area (Å²) in [4.78, 5) is 12.7. The molecular weight excluding hydrogens is 334 g/mol. The molecule has 108 valence electrons. The van der Waals surface area contributed by atoms with Gasteiger partial charge < -0.3 is 15.2 Å². The molecular formula is C16H14BrNO3. The average Bonchev–Trinajstić information content (AvgIpc) is 2.48. The fourth-order valence-corrected chi connectivity index (χ4v) is 2.76. The maximum absolute atomic E-state index is 12.7. The topological polar surface area (TPSA) is 61.5 Å². The van der Waals surface area contributed by atoms with Crippen molar-refractivity contribution in [2.24, 2.45) is 0 Å². The summed E-state index contributed by atoms with van der Waals surface area (Å²) in [5.41, 5.74) is 8.41. The number of carbonyl (C=O) groups excluding carboxylic acids is 1. The fourth-order valence-electron chi connectivity index (χ4n) is 2.26. The Morgan fingerprint density at radius 3 is 2.52 bits per heavy atom. The van der Waals surface area contributed by atoms with Crippen LogP contribution in [-0.4, -0.2) is 19.0 Å². The molecule has 0 amide bonds. The SMILES string of the molecule is Cc1cccc(C(=O)c2cc3c(cc2Br)OCCO3)c1N. The molecule has 1 aliphatic rings. The highest BCUT2D eigenvalue weighted by Crippen LogP contribution is 2.36. The summed E-state index contributed by atoms with van der Waals surface area (Å²) in [5.74, 6) is 1.08. The second kappa shape index (κ2) is 5.41. The summed E-state index contributed by atoms with van der Waals surface area (Å²) in [6.07, 6.45) is 0.